The number of rotatable bonds is 5. The van der Waals surface area contributed by atoms with Gasteiger partial charge >= 0.3 is 0 Å². The van der Waals surface area contributed by atoms with E-state index in [1.54, 1.807) is 12.1 Å². The van der Waals surface area contributed by atoms with Crippen molar-refractivity contribution < 1.29 is 9.90 Å². The molecular formula is C13H18ClNO2S. The highest BCUT2D eigenvalue weighted by molar-refractivity contribution is 7.18. The third-order valence-corrected chi connectivity index (χ3v) is 4.84. The Morgan fingerprint density at radius 2 is 2.44 bits per heavy atom. The minimum atomic E-state index is -0.0941. The second kappa shape index (κ2) is 6.15. The maximum Gasteiger partial charge on any atom is 0.189 e. The molecule has 1 N–H and O–H groups in total. The van der Waals surface area contributed by atoms with E-state index in [1.807, 2.05) is 6.92 Å². The summed E-state index contributed by atoms with van der Waals surface area (Å²) in [5, 5.41) is 8.94. The number of thiophene rings is 1. The summed E-state index contributed by atoms with van der Waals surface area (Å²) in [5.74, 6) is 0.675. The van der Waals surface area contributed by atoms with Crippen LogP contribution in [0.3, 0.4) is 0 Å². The first-order valence-corrected chi connectivity index (χ1v) is 7.45. The lowest BCUT2D eigenvalue weighted by molar-refractivity contribution is 0.0866. The van der Waals surface area contributed by atoms with Crippen LogP contribution in [0.25, 0.3) is 0 Å². The molecule has 100 valence electrons. The van der Waals surface area contributed by atoms with Gasteiger partial charge in [-0.25, -0.2) is 0 Å². The third kappa shape index (κ3) is 3.12. The lowest BCUT2D eigenvalue weighted by atomic mass is 10.1. The largest absolute Gasteiger partial charge is 0.396 e. The lowest BCUT2D eigenvalue weighted by Gasteiger charge is -2.22. The van der Waals surface area contributed by atoms with Gasteiger partial charge in [-0.1, -0.05) is 11.6 Å². The summed E-state index contributed by atoms with van der Waals surface area (Å²) in [5.41, 5.74) is 0. The quantitative estimate of drug-likeness (QED) is 0.847. The van der Waals surface area contributed by atoms with Crippen LogP contribution >= 0.6 is 22.9 Å². The second-order valence-corrected chi connectivity index (χ2v) is 6.52. The normalized spacial score (nSPS) is 22.3. The molecule has 1 aliphatic heterocycles. The van der Waals surface area contributed by atoms with E-state index in [4.69, 9.17) is 16.7 Å². The van der Waals surface area contributed by atoms with Crippen LogP contribution in [0.4, 0.5) is 0 Å². The van der Waals surface area contributed by atoms with E-state index >= 15 is 0 Å². The van der Waals surface area contributed by atoms with E-state index in [9.17, 15) is 4.79 Å². The minimum Gasteiger partial charge on any atom is -0.396 e. The van der Waals surface area contributed by atoms with Crippen molar-refractivity contribution >= 4 is 28.7 Å². The van der Waals surface area contributed by atoms with Gasteiger partial charge in [0.15, 0.2) is 5.78 Å². The molecule has 1 saturated heterocycles. The smallest absolute Gasteiger partial charge is 0.189 e. The number of aliphatic hydroxyl groups is 1. The summed E-state index contributed by atoms with van der Waals surface area (Å²) in [6.45, 7) is 4.04. The Balaban J connectivity index is 1.95. The zero-order valence-electron chi connectivity index (χ0n) is 10.4. The van der Waals surface area contributed by atoms with Crippen LogP contribution in [0.15, 0.2) is 12.1 Å². The van der Waals surface area contributed by atoms with Gasteiger partial charge in [-0.3, -0.25) is 9.69 Å². The first kappa shape index (κ1) is 14.0. The molecule has 1 aliphatic rings. The predicted octanol–water partition coefficient (Wildman–Crippen LogP) is 2.68. The number of halogens is 1. The molecule has 3 nitrogen and oxygen atoms in total. The van der Waals surface area contributed by atoms with Gasteiger partial charge in [0.2, 0.25) is 0 Å². The van der Waals surface area contributed by atoms with Crippen molar-refractivity contribution in [2.24, 2.45) is 5.92 Å². The SMILES string of the molecule is CC(C(=O)c1ccc(Cl)s1)N1CCC(CCO)C1. The highest BCUT2D eigenvalue weighted by Gasteiger charge is 2.30. The van der Waals surface area contributed by atoms with Gasteiger partial charge in [0.1, 0.15) is 0 Å². The van der Waals surface area contributed by atoms with E-state index in [2.05, 4.69) is 4.90 Å². The minimum absolute atomic E-state index is 0.0941. The number of nitrogens with zero attached hydrogens (tertiary/aromatic N) is 1. The van der Waals surface area contributed by atoms with Gasteiger partial charge in [-0.15, -0.1) is 11.3 Å². The number of Topliss-reactive ketones (excluding diaryl/α,β-unsaturated/α-hetero) is 1. The zero-order valence-corrected chi connectivity index (χ0v) is 12.0. The number of ketones is 1. The topological polar surface area (TPSA) is 40.5 Å². The molecule has 1 fully saturated rings. The van der Waals surface area contributed by atoms with Crippen molar-refractivity contribution in [2.75, 3.05) is 19.7 Å². The van der Waals surface area contributed by atoms with E-state index in [0.717, 1.165) is 30.8 Å². The first-order valence-electron chi connectivity index (χ1n) is 6.26. The van der Waals surface area contributed by atoms with Crippen molar-refractivity contribution in [1.82, 2.24) is 4.90 Å². The Kier molecular flexibility index (Phi) is 4.78. The van der Waals surface area contributed by atoms with Gasteiger partial charge in [0.05, 0.1) is 15.3 Å². The molecule has 5 heteroatoms. The Labute approximate surface area is 116 Å². The standard InChI is InChI=1S/C13H18ClNO2S/c1-9(13(17)11-2-3-12(14)18-11)15-6-4-10(8-15)5-7-16/h2-3,9-10,16H,4-8H2,1H3. The number of likely N-dealkylation sites (tertiary alicyclic amines) is 1. The summed E-state index contributed by atoms with van der Waals surface area (Å²) in [4.78, 5) is 15.2. The summed E-state index contributed by atoms with van der Waals surface area (Å²) in [6, 6.07) is 3.47. The average Bonchev–Trinajstić information content (AvgIpc) is 2.97. The Hall–Kier alpha value is -0.420. The van der Waals surface area contributed by atoms with Gasteiger partial charge in [-0.05, 0) is 44.4 Å². The fourth-order valence-corrected chi connectivity index (χ4v) is 3.52. The third-order valence-electron chi connectivity index (χ3n) is 3.60. The van der Waals surface area contributed by atoms with Crippen LogP contribution in [0.5, 0.6) is 0 Å². The highest BCUT2D eigenvalue weighted by Crippen LogP contribution is 2.26. The molecule has 2 atom stereocenters. The second-order valence-electron chi connectivity index (χ2n) is 4.81. The van der Waals surface area contributed by atoms with Gasteiger partial charge < -0.3 is 5.11 Å². The number of carbonyl (C=O) groups is 1. The molecular weight excluding hydrogens is 270 g/mol. The molecule has 1 aromatic heterocycles. The maximum absolute atomic E-state index is 12.3. The molecule has 2 unspecified atom stereocenters. The molecule has 0 saturated carbocycles. The van der Waals surface area contributed by atoms with Crippen LogP contribution in [-0.2, 0) is 0 Å². The van der Waals surface area contributed by atoms with Crippen LogP contribution in [-0.4, -0.2) is 41.5 Å². The fraction of sp³-hybridized carbons (Fsp3) is 0.615. The molecule has 0 radical (unpaired) electrons. The number of hydrogen-bond acceptors (Lipinski definition) is 4. The summed E-state index contributed by atoms with van der Waals surface area (Å²) in [6.07, 6.45) is 1.91. The zero-order chi connectivity index (χ0) is 13.1. The average molecular weight is 288 g/mol. The molecule has 18 heavy (non-hydrogen) atoms. The number of aliphatic hydroxyl groups excluding tert-OH is 1. The molecule has 0 aromatic carbocycles. The predicted molar refractivity (Wildman–Crippen MR) is 74.5 cm³/mol. The summed E-state index contributed by atoms with van der Waals surface area (Å²) < 4.78 is 0.658. The van der Waals surface area contributed by atoms with Gasteiger partial charge in [0.25, 0.3) is 0 Å². The van der Waals surface area contributed by atoms with Crippen LogP contribution in [0.1, 0.15) is 29.4 Å². The Morgan fingerprint density at radius 3 is 3.06 bits per heavy atom. The summed E-state index contributed by atoms with van der Waals surface area (Å²) >= 11 is 7.20. The van der Waals surface area contributed by atoms with E-state index in [0.29, 0.717) is 10.3 Å². The Bertz CT molecular complexity index is 421. The molecule has 0 spiro atoms. The fourth-order valence-electron chi connectivity index (χ4n) is 2.45. The van der Waals surface area contributed by atoms with Crippen LogP contribution in [0.2, 0.25) is 4.34 Å². The lowest BCUT2D eigenvalue weighted by Crippen LogP contribution is -2.37. The van der Waals surface area contributed by atoms with Crippen molar-refractivity contribution in [2.45, 2.75) is 25.8 Å². The molecule has 1 aromatic rings. The molecule has 2 rings (SSSR count). The van der Waals surface area contributed by atoms with Crippen LogP contribution in [0, 0.1) is 5.92 Å². The van der Waals surface area contributed by atoms with Gasteiger partial charge in [-0.2, -0.15) is 0 Å². The molecule has 0 aliphatic carbocycles. The van der Waals surface area contributed by atoms with Gasteiger partial charge in [0, 0.05) is 13.2 Å². The van der Waals surface area contributed by atoms with Crippen LogP contribution < -0.4 is 0 Å². The number of carbonyl (C=O) groups excluding carboxylic acids is 1. The highest BCUT2D eigenvalue weighted by atomic mass is 35.5. The van der Waals surface area contributed by atoms with Crippen molar-refractivity contribution in [3.05, 3.63) is 21.3 Å². The Morgan fingerprint density at radius 1 is 1.67 bits per heavy atom. The first-order chi connectivity index (χ1) is 8.61. The van der Waals surface area contributed by atoms with Crippen molar-refractivity contribution in [3.63, 3.8) is 0 Å². The van der Waals surface area contributed by atoms with E-state index in [-0.39, 0.29) is 18.4 Å². The molecule has 2 heterocycles. The molecule has 0 bridgehead atoms. The number of hydrogen-bond donors (Lipinski definition) is 1. The van der Waals surface area contributed by atoms with Crippen molar-refractivity contribution in [3.8, 4) is 0 Å². The summed E-state index contributed by atoms with van der Waals surface area (Å²) in [7, 11) is 0. The van der Waals surface area contributed by atoms with Crippen molar-refractivity contribution in [1.29, 1.82) is 0 Å². The van der Waals surface area contributed by atoms with E-state index < -0.39 is 0 Å². The maximum atomic E-state index is 12.3. The molecule has 0 amide bonds. The van der Waals surface area contributed by atoms with E-state index in [1.165, 1.54) is 11.3 Å². The monoisotopic (exact) mass is 287 g/mol.